The van der Waals surface area contributed by atoms with E-state index in [1.807, 2.05) is 43.7 Å². The number of rotatable bonds is 11. The number of carbonyl (C=O) groups is 4. The zero-order valence-corrected chi connectivity index (χ0v) is 40.0. The van der Waals surface area contributed by atoms with Gasteiger partial charge >= 0.3 is 12.2 Å². The second-order valence-electron chi connectivity index (χ2n) is 21.2. The Balaban J connectivity index is 0.864. The van der Waals surface area contributed by atoms with Gasteiger partial charge in [-0.05, 0) is 151 Å². The Morgan fingerprint density at radius 2 is 1.12 bits per heavy atom. The molecule has 7 aliphatic rings. The van der Waals surface area contributed by atoms with Crippen molar-refractivity contribution >= 4 is 35.0 Å². The van der Waals surface area contributed by atoms with Gasteiger partial charge < -0.3 is 39.9 Å². The summed E-state index contributed by atoms with van der Waals surface area (Å²) < 4.78 is 9.76. The van der Waals surface area contributed by atoms with Gasteiger partial charge in [0.05, 0.1) is 49.2 Å². The fourth-order valence-corrected chi connectivity index (χ4v) is 13.5. The number of ether oxygens (including phenoxy) is 2. The van der Waals surface area contributed by atoms with E-state index in [2.05, 4.69) is 75.2 Å². The number of aromatic nitrogens is 4. The lowest BCUT2D eigenvalue weighted by molar-refractivity contribution is -0.140. The summed E-state index contributed by atoms with van der Waals surface area (Å²) in [6.45, 7) is 7.79. The summed E-state index contributed by atoms with van der Waals surface area (Å²) >= 11 is 0. The first-order valence-corrected chi connectivity index (χ1v) is 25.1. The fourth-order valence-electron chi connectivity index (χ4n) is 13.5. The Morgan fingerprint density at radius 3 is 1.65 bits per heavy atom. The van der Waals surface area contributed by atoms with Gasteiger partial charge in [-0.2, -0.15) is 0 Å². The number of H-pyrrole nitrogens is 2. The normalized spacial score (nSPS) is 26.4. The average Bonchev–Trinajstić information content (AvgIpc) is 4.24. The summed E-state index contributed by atoms with van der Waals surface area (Å²) in [6.07, 6.45) is 11.4. The lowest BCUT2D eigenvalue weighted by atomic mass is 9.63. The number of carbonyl (C=O) groups excluding carboxylic acids is 4. The van der Waals surface area contributed by atoms with Gasteiger partial charge in [0.25, 0.3) is 0 Å². The molecule has 4 N–H and O–H groups in total. The van der Waals surface area contributed by atoms with Crippen molar-refractivity contribution in [2.75, 3.05) is 14.2 Å². The SMILES string of the molecule is COC(=O)N[C@H](C(=O)N1C2CCC(C2)C1c1nc2ccc(-c3ccc(-c4ccc(-c5cnc([C@@H]6C7CCC(C7)N6C(=O)[C@@H](NC(=O)OC)C(C)C)[nH]5)cc4)c4c3C3CCC4CC3)cc2[nH]1)C(C)C. The number of nitrogens with zero attached hydrogens (tertiary/aromatic N) is 4. The second kappa shape index (κ2) is 17.4. The summed E-state index contributed by atoms with van der Waals surface area (Å²) in [4.78, 5) is 74.2. The number of benzene rings is 3. The van der Waals surface area contributed by atoms with Gasteiger partial charge in [0.15, 0.2) is 0 Å². The number of aromatic amines is 2. The lowest BCUT2D eigenvalue weighted by Gasteiger charge is -2.41. The van der Waals surface area contributed by atoms with Gasteiger partial charge in [0.1, 0.15) is 23.7 Å². The maximum Gasteiger partial charge on any atom is 0.407 e. The third-order valence-corrected chi connectivity index (χ3v) is 16.8. The van der Waals surface area contributed by atoms with Crippen LogP contribution in [0, 0.1) is 23.7 Å². The van der Waals surface area contributed by atoms with Crippen molar-refractivity contribution in [3.63, 3.8) is 0 Å². The minimum absolute atomic E-state index is 0.0732. The molecule has 5 aliphatic carbocycles. The summed E-state index contributed by atoms with van der Waals surface area (Å²) in [5.41, 5.74) is 11.7. The standard InChI is InChI=1S/C54H64N8O6/c1-27(2)45(59-53(65)67-5)51(63)61-36-18-15-34(23-36)47(61)49-55-26-42(58-49)30-9-7-29(8-10-30)38-20-21-39(44-32-13-11-31(12-14-32)43(38)44)33-17-22-40-41(25-33)57-50(56-40)48-35-16-19-37(24-35)62(48)52(64)46(28(3)4)60-54(66)68-6/h7-10,17,20-22,25-28,31-32,34-37,45-48H,11-16,18-19,23-24H2,1-6H3,(H,55,58)(H,56,57)(H,59,65)(H,60,66)/t31?,32?,34?,35?,36?,37?,45-,46-,47-,48?/m0/s1. The predicted molar refractivity (Wildman–Crippen MR) is 258 cm³/mol. The van der Waals surface area contributed by atoms with E-state index in [9.17, 15) is 19.2 Å². The first kappa shape index (κ1) is 44.3. The monoisotopic (exact) mass is 920 g/mol. The molecule has 3 saturated carbocycles. The molecule has 5 unspecified atom stereocenters. The second-order valence-corrected chi connectivity index (χ2v) is 21.2. The molecule has 12 rings (SSSR count). The van der Waals surface area contributed by atoms with E-state index in [0.717, 1.165) is 72.5 Å². The predicted octanol–water partition coefficient (Wildman–Crippen LogP) is 9.91. The molecular weight excluding hydrogens is 857 g/mol. The van der Waals surface area contributed by atoms with E-state index in [0.29, 0.717) is 23.7 Å². The van der Waals surface area contributed by atoms with Gasteiger partial charge in [-0.1, -0.05) is 70.2 Å². The van der Waals surface area contributed by atoms with Crippen molar-refractivity contribution in [3.05, 3.63) is 83.6 Å². The molecule has 0 radical (unpaired) electrons. The highest BCUT2D eigenvalue weighted by Gasteiger charge is 2.53. The smallest absolute Gasteiger partial charge is 0.407 e. The minimum atomic E-state index is -0.682. The number of amides is 4. The molecule has 8 atom stereocenters. The molecule has 5 aromatic rings. The number of methoxy groups -OCH3 is 2. The Hall–Kier alpha value is -6.18. The van der Waals surface area contributed by atoms with E-state index >= 15 is 0 Å². The van der Waals surface area contributed by atoms with E-state index in [4.69, 9.17) is 19.4 Å². The van der Waals surface area contributed by atoms with Crippen molar-refractivity contribution < 1.29 is 28.7 Å². The Kier molecular flexibility index (Phi) is 11.3. The highest BCUT2D eigenvalue weighted by atomic mass is 16.5. The molecule has 5 fully saturated rings. The van der Waals surface area contributed by atoms with Crippen LogP contribution in [0.3, 0.4) is 0 Å². The van der Waals surface area contributed by atoms with Crippen LogP contribution in [0.15, 0.2) is 60.8 Å². The van der Waals surface area contributed by atoms with Gasteiger partial charge in [0.2, 0.25) is 11.8 Å². The van der Waals surface area contributed by atoms with Gasteiger partial charge in [0, 0.05) is 12.1 Å². The van der Waals surface area contributed by atoms with Crippen LogP contribution in [0.1, 0.15) is 139 Å². The Labute approximate surface area is 397 Å². The van der Waals surface area contributed by atoms with Crippen LogP contribution in [0.4, 0.5) is 9.59 Å². The number of alkyl carbamates (subject to hydrolysis) is 2. The van der Waals surface area contributed by atoms with Crippen molar-refractivity contribution in [3.8, 4) is 33.5 Å². The first-order chi connectivity index (χ1) is 32.9. The molecule has 3 aromatic carbocycles. The van der Waals surface area contributed by atoms with Crippen LogP contribution in [0.2, 0.25) is 0 Å². The highest BCUT2D eigenvalue weighted by Crippen LogP contribution is 2.56. The number of fused-ring (bicyclic) bond motifs is 7. The van der Waals surface area contributed by atoms with Gasteiger partial charge in [-0.25, -0.2) is 19.6 Å². The number of imidazole rings is 2. The molecular formula is C54H64N8O6. The molecule has 4 heterocycles. The van der Waals surface area contributed by atoms with Gasteiger partial charge in [-0.15, -0.1) is 0 Å². The molecule has 356 valence electrons. The van der Waals surface area contributed by atoms with E-state index < -0.39 is 24.3 Å². The van der Waals surface area contributed by atoms with Crippen LogP contribution in [0.25, 0.3) is 44.5 Å². The lowest BCUT2D eigenvalue weighted by Crippen LogP contribution is -2.54. The molecule has 2 aliphatic heterocycles. The van der Waals surface area contributed by atoms with Crippen molar-refractivity contribution in [2.45, 2.75) is 140 Å². The summed E-state index contributed by atoms with van der Waals surface area (Å²) in [7, 11) is 2.64. The van der Waals surface area contributed by atoms with E-state index in [-0.39, 0.29) is 47.8 Å². The van der Waals surface area contributed by atoms with Crippen LogP contribution in [-0.4, -0.2) is 92.1 Å². The largest absolute Gasteiger partial charge is 0.453 e. The third-order valence-electron chi connectivity index (χ3n) is 16.8. The number of hydrogen-bond acceptors (Lipinski definition) is 8. The fraction of sp³-hybridized carbons (Fsp3) is 0.519. The molecule has 2 aromatic heterocycles. The minimum Gasteiger partial charge on any atom is -0.453 e. The molecule has 14 nitrogen and oxygen atoms in total. The number of likely N-dealkylation sites (tertiary alicyclic amines) is 2. The molecule has 68 heavy (non-hydrogen) atoms. The molecule has 6 bridgehead atoms. The van der Waals surface area contributed by atoms with Crippen molar-refractivity contribution in [1.29, 1.82) is 0 Å². The summed E-state index contributed by atoms with van der Waals surface area (Å²) in [5.74, 6) is 2.90. The van der Waals surface area contributed by atoms with Crippen LogP contribution >= 0.6 is 0 Å². The average molecular weight is 921 g/mol. The first-order valence-electron chi connectivity index (χ1n) is 25.1. The maximum absolute atomic E-state index is 14.2. The molecule has 2 saturated heterocycles. The van der Waals surface area contributed by atoms with Gasteiger partial charge in [-0.3, -0.25) is 9.59 Å². The summed E-state index contributed by atoms with van der Waals surface area (Å²) in [6, 6.07) is 18.6. The number of hydrogen-bond donors (Lipinski definition) is 4. The molecule has 4 amide bonds. The molecule has 14 heteroatoms. The Bertz CT molecular complexity index is 2770. The zero-order chi connectivity index (χ0) is 47.1. The summed E-state index contributed by atoms with van der Waals surface area (Å²) in [5, 5.41) is 5.60. The number of piperidine rings is 2. The van der Waals surface area contributed by atoms with Crippen LogP contribution in [0.5, 0.6) is 0 Å². The number of nitrogens with one attached hydrogen (secondary N) is 4. The zero-order valence-electron chi connectivity index (χ0n) is 40.0. The van der Waals surface area contributed by atoms with Crippen LogP contribution in [-0.2, 0) is 19.1 Å². The van der Waals surface area contributed by atoms with Crippen LogP contribution < -0.4 is 10.6 Å². The molecule has 0 spiro atoms. The highest BCUT2D eigenvalue weighted by molar-refractivity contribution is 5.89. The maximum atomic E-state index is 14.2. The topological polar surface area (TPSA) is 175 Å². The van der Waals surface area contributed by atoms with E-state index in [1.165, 1.54) is 73.3 Å². The van der Waals surface area contributed by atoms with Crippen molar-refractivity contribution in [2.24, 2.45) is 23.7 Å². The van der Waals surface area contributed by atoms with Crippen molar-refractivity contribution in [1.82, 2.24) is 40.4 Å². The third kappa shape index (κ3) is 7.44. The quantitative estimate of drug-likeness (QED) is 0.101. The Morgan fingerprint density at radius 1 is 0.618 bits per heavy atom. The van der Waals surface area contributed by atoms with E-state index in [1.54, 1.807) is 0 Å².